The Labute approximate surface area is 143 Å². The first-order valence-electron chi connectivity index (χ1n) is 7.80. The standard InChI is InChI=1S/C21H18O2P/c1-15-8-13-20(16(2)14-15)21(22)17-9-11-19(12-10-17)24(23)18-6-4-3-5-7-18/h3-14H,1-2H3/q+1. The molecule has 0 amide bonds. The number of hydrogen-bond donors (Lipinski definition) is 0. The lowest BCUT2D eigenvalue weighted by Crippen LogP contribution is -2.09. The first-order valence-corrected chi connectivity index (χ1v) is 9.06. The molecule has 0 spiro atoms. The number of aryl methyl sites for hydroxylation is 2. The van der Waals surface area contributed by atoms with Crippen LogP contribution in [-0.4, -0.2) is 5.78 Å². The van der Waals surface area contributed by atoms with Gasteiger partial charge in [-0.15, -0.1) is 0 Å². The molecule has 0 aliphatic rings. The Morgan fingerprint density at radius 2 is 1.42 bits per heavy atom. The highest BCUT2D eigenvalue weighted by molar-refractivity contribution is 7.61. The quantitative estimate of drug-likeness (QED) is 0.526. The van der Waals surface area contributed by atoms with Crippen molar-refractivity contribution in [2.75, 3.05) is 0 Å². The number of hydrogen-bond acceptors (Lipinski definition) is 2. The van der Waals surface area contributed by atoms with Gasteiger partial charge >= 0.3 is 7.80 Å². The van der Waals surface area contributed by atoms with E-state index in [1.54, 1.807) is 24.3 Å². The first kappa shape index (κ1) is 16.3. The maximum Gasteiger partial charge on any atom is 0.415 e. The van der Waals surface area contributed by atoms with Crippen molar-refractivity contribution >= 4 is 24.2 Å². The summed E-state index contributed by atoms with van der Waals surface area (Å²) in [6, 6.07) is 22.3. The molecule has 2 nitrogen and oxygen atoms in total. The van der Waals surface area contributed by atoms with E-state index in [-0.39, 0.29) is 5.78 Å². The summed E-state index contributed by atoms with van der Waals surface area (Å²) in [5.74, 6) is -0.00557. The molecule has 3 rings (SSSR count). The van der Waals surface area contributed by atoms with Crippen molar-refractivity contribution in [2.24, 2.45) is 0 Å². The van der Waals surface area contributed by atoms with E-state index >= 15 is 0 Å². The summed E-state index contributed by atoms with van der Waals surface area (Å²) in [7, 11) is -1.63. The lowest BCUT2D eigenvalue weighted by molar-refractivity contribution is 0.103. The van der Waals surface area contributed by atoms with Gasteiger partial charge in [-0.2, -0.15) is 0 Å². The van der Waals surface area contributed by atoms with Gasteiger partial charge in [0.05, 0.1) is 0 Å². The molecule has 0 aliphatic carbocycles. The van der Waals surface area contributed by atoms with Crippen LogP contribution in [0, 0.1) is 13.8 Å². The largest absolute Gasteiger partial charge is 0.415 e. The summed E-state index contributed by atoms with van der Waals surface area (Å²) >= 11 is 0. The zero-order valence-corrected chi connectivity index (χ0v) is 14.6. The minimum atomic E-state index is -1.63. The number of benzene rings is 3. The van der Waals surface area contributed by atoms with Crippen LogP contribution in [0.15, 0.2) is 72.8 Å². The first-order chi connectivity index (χ1) is 11.6. The fourth-order valence-electron chi connectivity index (χ4n) is 2.68. The molecule has 0 aliphatic heterocycles. The molecule has 0 heterocycles. The van der Waals surface area contributed by atoms with Crippen molar-refractivity contribution in [3.8, 4) is 0 Å². The Kier molecular flexibility index (Phi) is 4.69. The molecule has 24 heavy (non-hydrogen) atoms. The van der Waals surface area contributed by atoms with Crippen LogP contribution in [0.1, 0.15) is 27.0 Å². The number of rotatable bonds is 4. The van der Waals surface area contributed by atoms with Crippen LogP contribution in [-0.2, 0) is 4.57 Å². The van der Waals surface area contributed by atoms with Crippen LogP contribution in [0.5, 0.6) is 0 Å². The molecule has 3 aromatic carbocycles. The summed E-state index contributed by atoms with van der Waals surface area (Å²) in [5, 5.41) is 1.52. The third kappa shape index (κ3) is 3.34. The van der Waals surface area contributed by atoms with E-state index in [0.717, 1.165) is 21.7 Å². The minimum absolute atomic E-state index is 0.00557. The van der Waals surface area contributed by atoms with Gasteiger partial charge in [-0.25, -0.2) is 0 Å². The van der Waals surface area contributed by atoms with E-state index in [1.807, 2.05) is 62.4 Å². The molecule has 1 atom stereocenters. The highest BCUT2D eigenvalue weighted by Crippen LogP contribution is 2.21. The molecule has 0 bridgehead atoms. The summed E-state index contributed by atoms with van der Waals surface area (Å²) < 4.78 is 12.6. The molecule has 0 radical (unpaired) electrons. The fourth-order valence-corrected chi connectivity index (χ4v) is 3.85. The Morgan fingerprint density at radius 3 is 2.04 bits per heavy atom. The summed E-state index contributed by atoms with van der Waals surface area (Å²) in [6.45, 7) is 3.96. The van der Waals surface area contributed by atoms with Gasteiger partial charge in [0, 0.05) is 11.1 Å². The SMILES string of the molecule is Cc1ccc(C(=O)c2ccc([P+](=O)c3ccccc3)cc2)c(C)c1. The van der Waals surface area contributed by atoms with Gasteiger partial charge in [0.15, 0.2) is 16.4 Å². The van der Waals surface area contributed by atoms with Gasteiger partial charge in [-0.1, -0.05) is 46.5 Å². The van der Waals surface area contributed by atoms with Crippen molar-refractivity contribution in [1.82, 2.24) is 0 Å². The minimum Gasteiger partial charge on any atom is -0.289 e. The molecular weight excluding hydrogens is 315 g/mol. The molecular formula is C21H18O2P+. The predicted octanol–water partition coefficient (Wildman–Crippen LogP) is 4.31. The third-order valence-electron chi connectivity index (χ3n) is 3.98. The van der Waals surface area contributed by atoms with E-state index < -0.39 is 7.80 Å². The van der Waals surface area contributed by atoms with Crippen molar-refractivity contribution in [3.63, 3.8) is 0 Å². The zero-order chi connectivity index (χ0) is 17.1. The molecule has 0 N–H and O–H groups in total. The Balaban J connectivity index is 1.87. The second-order valence-electron chi connectivity index (χ2n) is 5.82. The molecule has 0 aromatic heterocycles. The number of ketones is 1. The lowest BCUT2D eigenvalue weighted by atomic mass is 9.98. The van der Waals surface area contributed by atoms with E-state index in [9.17, 15) is 9.36 Å². The number of carbonyl (C=O) groups is 1. The highest BCUT2D eigenvalue weighted by Gasteiger charge is 2.23. The monoisotopic (exact) mass is 333 g/mol. The van der Waals surface area contributed by atoms with Crippen molar-refractivity contribution in [2.45, 2.75) is 13.8 Å². The normalized spacial score (nSPS) is 11.2. The van der Waals surface area contributed by atoms with Crippen LogP contribution in [0.25, 0.3) is 0 Å². The second kappa shape index (κ2) is 6.90. The summed E-state index contributed by atoms with van der Waals surface area (Å²) in [5.41, 5.74) is 3.43. The average Bonchev–Trinajstić information content (AvgIpc) is 2.61. The van der Waals surface area contributed by atoms with Crippen LogP contribution >= 0.6 is 7.80 Å². The molecule has 0 saturated carbocycles. The topological polar surface area (TPSA) is 34.1 Å². The Hall–Kier alpha value is -2.57. The number of carbonyl (C=O) groups excluding carboxylic acids is 1. The molecule has 0 saturated heterocycles. The molecule has 0 fully saturated rings. The molecule has 3 heteroatoms. The molecule has 1 unspecified atom stereocenters. The van der Waals surface area contributed by atoms with Gasteiger partial charge in [-0.05, 0) is 55.8 Å². The highest BCUT2D eigenvalue weighted by atomic mass is 31.1. The van der Waals surface area contributed by atoms with E-state index in [1.165, 1.54) is 0 Å². The van der Waals surface area contributed by atoms with Gasteiger partial charge in [0.1, 0.15) is 0 Å². The van der Waals surface area contributed by atoms with Crippen LogP contribution in [0.2, 0.25) is 0 Å². The van der Waals surface area contributed by atoms with E-state index in [0.29, 0.717) is 11.1 Å². The lowest BCUT2D eigenvalue weighted by Gasteiger charge is -2.06. The van der Waals surface area contributed by atoms with Crippen LogP contribution in [0.3, 0.4) is 0 Å². The molecule has 118 valence electrons. The summed E-state index contributed by atoms with van der Waals surface area (Å²) in [6.07, 6.45) is 0. The zero-order valence-electron chi connectivity index (χ0n) is 13.7. The maximum atomic E-state index is 12.7. The van der Waals surface area contributed by atoms with Crippen LogP contribution < -0.4 is 10.6 Å². The van der Waals surface area contributed by atoms with Gasteiger partial charge in [0.25, 0.3) is 0 Å². The van der Waals surface area contributed by atoms with E-state index in [4.69, 9.17) is 0 Å². The Bertz CT molecular complexity index is 897. The summed E-state index contributed by atoms with van der Waals surface area (Å²) in [4.78, 5) is 12.7. The van der Waals surface area contributed by atoms with Gasteiger partial charge in [-0.3, -0.25) is 4.79 Å². The van der Waals surface area contributed by atoms with Crippen molar-refractivity contribution in [3.05, 3.63) is 95.1 Å². The Morgan fingerprint density at radius 1 is 0.792 bits per heavy atom. The van der Waals surface area contributed by atoms with Crippen molar-refractivity contribution in [1.29, 1.82) is 0 Å². The maximum absolute atomic E-state index is 12.7. The third-order valence-corrected chi connectivity index (χ3v) is 5.52. The van der Waals surface area contributed by atoms with Gasteiger partial charge < -0.3 is 0 Å². The smallest absolute Gasteiger partial charge is 0.289 e. The van der Waals surface area contributed by atoms with Gasteiger partial charge in [0.2, 0.25) is 0 Å². The fraction of sp³-hybridized carbons (Fsp3) is 0.0952. The van der Waals surface area contributed by atoms with E-state index in [2.05, 4.69) is 0 Å². The second-order valence-corrected chi connectivity index (χ2v) is 7.45. The predicted molar refractivity (Wildman–Crippen MR) is 99.1 cm³/mol. The average molecular weight is 333 g/mol. The van der Waals surface area contributed by atoms with Crippen molar-refractivity contribution < 1.29 is 9.36 Å². The van der Waals surface area contributed by atoms with Crippen LogP contribution in [0.4, 0.5) is 0 Å². The molecule has 3 aromatic rings.